The molecule has 0 heterocycles. The highest BCUT2D eigenvalue weighted by atomic mass is 31.2. The maximum atomic E-state index is 13.2. The second kappa shape index (κ2) is 7.35. The molecule has 0 atom stereocenters. The van der Waals surface area contributed by atoms with Crippen molar-refractivity contribution in [1.29, 1.82) is 0 Å². The molecule has 0 spiro atoms. The summed E-state index contributed by atoms with van der Waals surface area (Å²) in [6.45, 7) is 18.6. The van der Waals surface area contributed by atoms with Gasteiger partial charge in [0.05, 0.1) is 0 Å². The van der Waals surface area contributed by atoms with Crippen molar-refractivity contribution in [2.24, 2.45) is 0 Å². The van der Waals surface area contributed by atoms with E-state index in [2.05, 4.69) is 60.1 Å². The van der Waals surface area contributed by atoms with Gasteiger partial charge in [-0.05, 0) is 57.4 Å². The van der Waals surface area contributed by atoms with Gasteiger partial charge in [0.25, 0.3) is 0 Å². The van der Waals surface area contributed by atoms with Gasteiger partial charge in [0, 0.05) is 0 Å². The summed E-state index contributed by atoms with van der Waals surface area (Å²) in [4.78, 5) is 0. The van der Waals surface area contributed by atoms with Crippen LogP contribution in [0.5, 0.6) is 0 Å². The third-order valence-electron chi connectivity index (χ3n) is 3.63. The van der Waals surface area contributed by atoms with Gasteiger partial charge in [-0.25, -0.2) is 4.57 Å². The molecule has 4 nitrogen and oxygen atoms in total. The van der Waals surface area contributed by atoms with Crippen molar-refractivity contribution in [3.63, 3.8) is 0 Å². The van der Waals surface area contributed by atoms with Crippen LogP contribution in [0.15, 0.2) is 0 Å². The van der Waals surface area contributed by atoms with Crippen molar-refractivity contribution >= 4 is 32.8 Å². The predicted octanol–water partition coefficient (Wildman–Crippen LogP) is 5.82. The molecule has 0 fully saturated rings. The van der Waals surface area contributed by atoms with Crippen molar-refractivity contribution in [2.45, 2.75) is 78.2 Å². The van der Waals surface area contributed by atoms with Crippen LogP contribution in [0, 0.1) is 0 Å². The summed E-state index contributed by atoms with van der Waals surface area (Å²) in [5.41, 5.74) is 0. The first-order chi connectivity index (χ1) is 8.80. The van der Waals surface area contributed by atoms with Gasteiger partial charge in [-0.1, -0.05) is 20.8 Å². The lowest BCUT2D eigenvalue weighted by Gasteiger charge is -2.36. The van der Waals surface area contributed by atoms with E-state index in [9.17, 15) is 4.57 Å². The number of hydrogen-bond donors (Lipinski definition) is 0. The first-order valence-electron chi connectivity index (χ1n) is 7.52. The molecular weight excluding hydrogens is 323 g/mol. The van der Waals surface area contributed by atoms with Crippen LogP contribution < -0.4 is 0 Å². The smallest absolute Gasteiger partial charge is 0.331 e. The van der Waals surface area contributed by atoms with Crippen molar-refractivity contribution in [1.82, 2.24) is 0 Å². The molecule has 0 amide bonds. The van der Waals surface area contributed by atoms with Gasteiger partial charge in [0.1, 0.15) is 0 Å². The predicted molar refractivity (Wildman–Crippen MR) is 94.8 cm³/mol. The Balaban J connectivity index is 5.29. The maximum Gasteiger partial charge on any atom is 0.445 e. The quantitative estimate of drug-likeness (QED) is 0.386. The van der Waals surface area contributed by atoms with Gasteiger partial charge >= 0.3 is 7.82 Å². The van der Waals surface area contributed by atoms with E-state index >= 15 is 0 Å². The molecule has 0 rings (SSSR count). The molecular formula is C12H33O4PSi3. The third kappa shape index (κ3) is 7.68. The maximum absolute atomic E-state index is 13.2. The molecule has 0 aliphatic carbocycles. The molecule has 122 valence electrons. The second-order valence-corrected chi connectivity index (χ2v) is 22.8. The van der Waals surface area contributed by atoms with Crippen LogP contribution in [-0.2, 0) is 17.2 Å². The minimum absolute atomic E-state index is 0.895. The molecule has 0 aromatic heterocycles. The number of phosphoric acid groups is 1. The van der Waals surface area contributed by atoms with E-state index in [-0.39, 0.29) is 0 Å². The van der Waals surface area contributed by atoms with Crippen molar-refractivity contribution in [3.05, 3.63) is 0 Å². The fourth-order valence-corrected chi connectivity index (χ4v) is 11.4. The van der Waals surface area contributed by atoms with Gasteiger partial charge in [-0.3, -0.25) is 0 Å². The molecule has 20 heavy (non-hydrogen) atoms. The lowest BCUT2D eigenvalue weighted by molar-refractivity contribution is 0.289. The molecule has 0 unspecified atom stereocenters. The molecule has 0 bridgehead atoms. The van der Waals surface area contributed by atoms with E-state index in [1.54, 1.807) is 0 Å². The van der Waals surface area contributed by atoms with E-state index in [0.717, 1.165) is 18.1 Å². The van der Waals surface area contributed by atoms with E-state index in [1.807, 2.05) is 0 Å². The average molecular weight is 357 g/mol. The third-order valence-corrected chi connectivity index (χ3v) is 17.4. The molecule has 0 aromatic carbocycles. The Morgan fingerprint density at radius 3 is 1.00 bits per heavy atom. The summed E-state index contributed by atoms with van der Waals surface area (Å²) in [6.07, 6.45) is 0. The van der Waals surface area contributed by atoms with Gasteiger partial charge in [0.15, 0.2) is 0 Å². The van der Waals surface area contributed by atoms with Crippen LogP contribution >= 0.6 is 7.82 Å². The molecule has 0 radical (unpaired) electrons. The van der Waals surface area contributed by atoms with Crippen LogP contribution in [0.4, 0.5) is 0 Å². The minimum atomic E-state index is -3.45. The lowest BCUT2D eigenvalue weighted by Crippen LogP contribution is -2.37. The average Bonchev–Trinajstić information content (AvgIpc) is 2.26. The zero-order valence-corrected chi connectivity index (χ0v) is 18.6. The normalized spacial score (nSPS) is 14.7. The lowest BCUT2D eigenvalue weighted by atomic mass is 11.0. The summed E-state index contributed by atoms with van der Waals surface area (Å²) >= 11 is 0. The van der Waals surface area contributed by atoms with Crippen molar-refractivity contribution in [2.75, 3.05) is 0 Å². The molecule has 0 saturated heterocycles. The van der Waals surface area contributed by atoms with Gasteiger partial charge in [-0.15, -0.1) is 0 Å². The Morgan fingerprint density at radius 1 is 0.650 bits per heavy atom. The van der Waals surface area contributed by atoms with E-state index in [0.29, 0.717) is 0 Å². The van der Waals surface area contributed by atoms with Crippen LogP contribution in [0.2, 0.25) is 57.4 Å². The zero-order chi connectivity index (χ0) is 16.2. The number of rotatable bonds is 9. The monoisotopic (exact) mass is 356 g/mol. The van der Waals surface area contributed by atoms with Crippen molar-refractivity contribution in [3.8, 4) is 0 Å². The van der Waals surface area contributed by atoms with Crippen LogP contribution in [0.3, 0.4) is 0 Å². The topological polar surface area (TPSA) is 44.8 Å². The van der Waals surface area contributed by atoms with Gasteiger partial charge in [-0.2, -0.15) is 0 Å². The first kappa shape index (κ1) is 20.8. The molecule has 0 aliphatic rings. The fourth-order valence-electron chi connectivity index (χ4n) is 1.16. The van der Waals surface area contributed by atoms with Crippen molar-refractivity contribution < 1.29 is 17.2 Å². The highest BCUT2D eigenvalue weighted by molar-refractivity contribution is 7.53. The summed E-state index contributed by atoms with van der Waals surface area (Å²) in [5, 5.41) is 0. The van der Waals surface area contributed by atoms with Crippen LogP contribution in [0.1, 0.15) is 20.8 Å². The van der Waals surface area contributed by atoms with E-state index < -0.39 is 32.8 Å². The summed E-state index contributed by atoms with van der Waals surface area (Å²) in [7, 11) is -9.47. The number of hydrogen-bond acceptors (Lipinski definition) is 4. The standard InChI is InChI=1S/C12H33O4PSi3/c1-10-18(4,5)14-17(13,15-19(6,7)11-2)16-20(8,9)12-3/h10-12H2,1-9H3. The summed E-state index contributed by atoms with van der Waals surface area (Å²) in [5.74, 6) is 0. The molecule has 0 saturated carbocycles. The zero-order valence-electron chi connectivity index (χ0n) is 14.7. The molecule has 8 heteroatoms. The Labute approximate surface area is 128 Å². The van der Waals surface area contributed by atoms with E-state index in [4.69, 9.17) is 12.6 Å². The van der Waals surface area contributed by atoms with Gasteiger partial charge < -0.3 is 12.6 Å². The summed E-state index contributed by atoms with van der Waals surface area (Å²) in [6, 6.07) is 2.68. The summed E-state index contributed by atoms with van der Waals surface area (Å²) < 4.78 is 31.1. The van der Waals surface area contributed by atoms with E-state index in [1.165, 1.54) is 0 Å². The highest BCUT2D eigenvalue weighted by Crippen LogP contribution is 2.57. The Bertz CT molecular complexity index is 306. The largest absolute Gasteiger partial charge is 0.445 e. The Hall–Kier alpha value is 0.761. The van der Waals surface area contributed by atoms with Crippen LogP contribution in [0.25, 0.3) is 0 Å². The second-order valence-electron chi connectivity index (χ2n) is 7.06. The fraction of sp³-hybridized carbons (Fsp3) is 1.00. The molecule has 0 aliphatic heterocycles. The SMILES string of the molecule is CC[Si](C)(C)OP(=O)(O[Si](C)(C)CC)O[Si](C)(C)CC. The molecule has 0 N–H and O–H groups in total. The Kier molecular flexibility index (Phi) is 7.63. The van der Waals surface area contributed by atoms with Crippen LogP contribution in [-0.4, -0.2) is 25.0 Å². The highest BCUT2D eigenvalue weighted by Gasteiger charge is 2.44. The first-order valence-corrected chi connectivity index (χ1v) is 18.3. The Morgan fingerprint density at radius 2 is 0.850 bits per heavy atom. The minimum Gasteiger partial charge on any atom is -0.331 e. The molecule has 0 aromatic rings. The van der Waals surface area contributed by atoms with Gasteiger partial charge in [0.2, 0.25) is 25.0 Å².